The maximum Gasteiger partial charge on any atom is 0.205 e. The van der Waals surface area contributed by atoms with Crippen LogP contribution in [-0.4, -0.2) is 32.1 Å². The van der Waals surface area contributed by atoms with Gasteiger partial charge in [0.15, 0.2) is 0 Å². The lowest BCUT2D eigenvalue weighted by Crippen LogP contribution is -2.05. The summed E-state index contributed by atoms with van der Waals surface area (Å²) in [6, 6.07) is 0. The van der Waals surface area contributed by atoms with Gasteiger partial charge in [-0.3, -0.25) is 4.57 Å². The SMILES string of the molecule is CCCCOP(=O)(CC)CCOCC. The summed E-state index contributed by atoms with van der Waals surface area (Å²) in [5, 5.41) is 0. The van der Waals surface area contributed by atoms with Gasteiger partial charge in [-0.15, -0.1) is 0 Å². The van der Waals surface area contributed by atoms with Crippen LogP contribution in [0.1, 0.15) is 33.6 Å². The summed E-state index contributed by atoms with van der Waals surface area (Å²) in [6.07, 6.45) is 3.23. The lowest BCUT2D eigenvalue weighted by atomic mass is 10.4. The molecule has 0 saturated carbocycles. The second-order valence-corrected chi connectivity index (χ2v) is 6.21. The molecule has 4 heteroatoms. The number of rotatable bonds is 9. The number of unbranched alkanes of at least 4 members (excludes halogenated alkanes) is 1. The smallest absolute Gasteiger partial charge is 0.205 e. The van der Waals surface area contributed by atoms with Crippen LogP contribution in [0.2, 0.25) is 0 Å². The van der Waals surface area contributed by atoms with Crippen molar-refractivity contribution < 1.29 is 13.8 Å². The first-order valence-electron chi connectivity index (χ1n) is 5.48. The van der Waals surface area contributed by atoms with E-state index in [1.165, 1.54) is 0 Å². The Kier molecular flexibility index (Phi) is 8.55. The van der Waals surface area contributed by atoms with Crippen molar-refractivity contribution in [1.82, 2.24) is 0 Å². The molecule has 0 spiro atoms. The lowest BCUT2D eigenvalue weighted by Gasteiger charge is -2.16. The minimum Gasteiger partial charge on any atom is -0.381 e. The minimum absolute atomic E-state index is 0.549. The van der Waals surface area contributed by atoms with Crippen LogP contribution in [0, 0.1) is 0 Å². The van der Waals surface area contributed by atoms with Crippen molar-refractivity contribution >= 4 is 7.37 Å². The molecule has 0 radical (unpaired) electrons. The molecule has 0 aliphatic heterocycles. The van der Waals surface area contributed by atoms with Crippen LogP contribution >= 0.6 is 7.37 Å². The molecular weight excluding hydrogens is 199 g/mol. The molecule has 14 heavy (non-hydrogen) atoms. The van der Waals surface area contributed by atoms with Crippen LogP contribution in [0.25, 0.3) is 0 Å². The fraction of sp³-hybridized carbons (Fsp3) is 1.00. The van der Waals surface area contributed by atoms with Crippen molar-refractivity contribution in [2.24, 2.45) is 0 Å². The summed E-state index contributed by atoms with van der Waals surface area (Å²) in [5.74, 6) is 0. The standard InChI is InChI=1S/C10H23O3P/c1-4-7-8-13-14(11,6-3)10-9-12-5-2/h4-10H2,1-3H3. The molecule has 0 bridgehead atoms. The third-order valence-corrected chi connectivity index (χ3v) is 4.57. The molecule has 0 aromatic carbocycles. The molecule has 0 fully saturated rings. The normalized spacial score (nSPS) is 15.4. The number of hydrogen-bond acceptors (Lipinski definition) is 3. The largest absolute Gasteiger partial charge is 0.381 e. The maximum absolute atomic E-state index is 12.0. The van der Waals surface area contributed by atoms with Gasteiger partial charge in [-0.2, -0.15) is 0 Å². The maximum atomic E-state index is 12.0. The predicted octanol–water partition coefficient (Wildman–Crippen LogP) is 3.14. The second-order valence-electron chi connectivity index (χ2n) is 3.24. The Balaban J connectivity index is 3.74. The highest BCUT2D eigenvalue weighted by molar-refractivity contribution is 7.58. The van der Waals surface area contributed by atoms with E-state index in [2.05, 4.69) is 6.92 Å². The monoisotopic (exact) mass is 222 g/mol. The molecule has 0 rings (SSSR count). The summed E-state index contributed by atoms with van der Waals surface area (Å²) in [7, 11) is -2.38. The highest BCUT2D eigenvalue weighted by Gasteiger charge is 2.19. The van der Waals surface area contributed by atoms with Crippen LogP contribution in [0.3, 0.4) is 0 Å². The topological polar surface area (TPSA) is 35.5 Å². The van der Waals surface area contributed by atoms with Crippen molar-refractivity contribution in [3.05, 3.63) is 0 Å². The Labute approximate surface area is 87.6 Å². The summed E-state index contributed by atoms with van der Waals surface area (Å²) in [5.41, 5.74) is 0. The zero-order chi connectivity index (χ0) is 10.9. The minimum atomic E-state index is -2.38. The molecule has 3 nitrogen and oxygen atoms in total. The highest BCUT2D eigenvalue weighted by Crippen LogP contribution is 2.46. The molecule has 0 N–H and O–H groups in total. The zero-order valence-electron chi connectivity index (χ0n) is 9.62. The third kappa shape index (κ3) is 6.58. The van der Waals surface area contributed by atoms with Gasteiger partial charge in [-0.05, 0) is 13.3 Å². The highest BCUT2D eigenvalue weighted by atomic mass is 31.2. The second kappa shape index (κ2) is 8.46. The van der Waals surface area contributed by atoms with E-state index in [1.807, 2.05) is 13.8 Å². The first-order valence-corrected chi connectivity index (χ1v) is 7.48. The molecule has 1 atom stereocenters. The summed E-state index contributed by atoms with van der Waals surface area (Å²) in [4.78, 5) is 0. The number of ether oxygens (including phenoxy) is 1. The molecule has 1 unspecified atom stereocenters. The fourth-order valence-corrected chi connectivity index (χ4v) is 2.53. The summed E-state index contributed by atoms with van der Waals surface area (Å²) >= 11 is 0. The Hall–Kier alpha value is 0.150. The van der Waals surface area contributed by atoms with Gasteiger partial charge < -0.3 is 9.26 Å². The van der Waals surface area contributed by atoms with Crippen molar-refractivity contribution in [2.45, 2.75) is 33.6 Å². The molecule has 0 saturated heterocycles. The van der Waals surface area contributed by atoms with Gasteiger partial charge in [0.1, 0.15) is 0 Å². The van der Waals surface area contributed by atoms with Crippen LogP contribution in [-0.2, 0) is 13.8 Å². The molecule has 0 aromatic heterocycles. The molecule has 86 valence electrons. The molecule has 0 aliphatic carbocycles. The average Bonchev–Trinajstić information content (AvgIpc) is 2.19. The Morgan fingerprint density at radius 2 is 1.86 bits per heavy atom. The van der Waals surface area contributed by atoms with Crippen LogP contribution in [0.15, 0.2) is 0 Å². The third-order valence-electron chi connectivity index (χ3n) is 2.09. The first-order chi connectivity index (χ1) is 6.68. The van der Waals surface area contributed by atoms with Gasteiger partial charge in [0.05, 0.1) is 13.2 Å². The molecule has 0 amide bonds. The molecular formula is C10H23O3P. The van der Waals surface area contributed by atoms with Crippen molar-refractivity contribution in [3.8, 4) is 0 Å². The van der Waals surface area contributed by atoms with Crippen molar-refractivity contribution in [3.63, 3.8) is 0 Å². The van der Waals surface area contributed by atoms with E-state index in [4.69, 9.17) is 9.26 Å². The fourth-order valence-electron chi connectivity index (χ4n) is 1.04. The molecule has 0 aliphatic rings. The Morgan fingerprint density at radius 3 is 2.36 bits per heavy atom. The van der Waals surface area contributed by atoms with Crippen LogP contribution in [0.5, 0.6) is 0 Å². The zero-order valence-corrected chi connectivity index (χ0v) is 10.5. The quantitative estimate of drug-likeness (QED) is 0.444. The summed E-state index contributed by atoms with van der Waals surface area (Å²) < 4.78 is 22.7. The Morgan fingerprint density at radius 1 is 1.14 bits per heavy atom. The molecule has 0 aromatic rings. The van der Waals surface area contributed by atoms with Gasteiger partial charge in [0.25, 0.3) is 0 Å². The van der Waals surface area contributed by atoms with Gasteiger partial charge in [0.2, 0.25) is 7.37 Å². The van der Waals surface area contributed by atoms with Gasteiger partial charge in [0, 0.05) is 18.9 Å². The van der Waals surface area contributed by atoms with Crippen molar-refractivity contribution in [2.75, 3.05) is 32.1 Å². The van der Waals surface area contributed by atoms with Crippen molar-refractivity contribution in [1.29, 1.82) is 0 Å². The average molecular weight is 222 g/mol. The van der Waals surface area contributed by atoms with E-state index >= 15 is 0 Å². The number of hydrogen-bond donors (Lipinski definition) is 0. The summed E-state index contributed by atoms with van der Waals surface area (Å²) in [6.45, 7) is 7.80. The van der Waals surface area contributed by atoms with Gasteiger partial charge in [-0.1, -0.05) is 20.3 Å². The van der Waals surface area contributed by atoms with Crippen LogP contribution in [0.4, 0.5) is 0 Å². The predicted molar refractivity (Wildman–Crippen MR) is 60.4 cm³/mol. The molecule has 0 heterocycles. The van der Waals surface area contributed by atoms with E-state index < -0.39 is 7.37 Å². The Bertz CT molecular complexity index is 157. The van der Waals surface area contributed by atoms with E-state index in [1.54, 1.807) is 0 Å². The lowest BCUT2D eigenvalue weighted by molar-refractivity contribution is 0.160. The first kappa shape index (κ1) is 14.2. The van der Waals surface area contributed by atoms with E-state index in [0.717, 1.165) is 12.8 Å². The van der Waals surface area contributed by atoms with Gasteiger partial charge in [-0.25, -0.2) is 0 Å². The van der Waals surface area contributed by atoms with E-state index in [0.29, 0.717) is 32.1 Å². The van der Waals surface area contributed by atoms with Crippen LogP contribution < -0.4 is 0 Å². The van der Waals surface area contributed by atoms with Gasteiger partial charge >= 0.3 is 0 Å². The van der Waals surface area contributed by atoms with E-state index in [9.17, 15) is 4.57 Å². The van der Waals surface area contributed by atoms with E-state index in [-0.39, 0.29) is 0 Å².